The number of methoxy groups -OCH3 is 2. The van der Waals surface area contributed by atoms with E-state index in [4.69, 9.17) is 21.7 Å². The molecule has 2 aromatic carbocycles. The lowest BCUT2D eigenvalue weighted by molar-refractivity contribution is 0.354. The van der Waals surface area contributed by atoms with Crippen LogP contribution in [0.15, 0.2) is 36.4 Å². The predicted molar refractivity (Wildman–Crippen MR) is 113 cm³/mol. The predicted octanol–water partition coefficient (Wildman–Crippen LogP) is 4.66. The average Bonchev–Trinajstić information content (AvgIpc) is 2.63. The van der Waals surface area contributed by atoms with Gasteiger partial charge in [-0.25, -0.2) is 0 Å². The monoisotopic (exact) mass is 372 g/mol. The van der Waals surface area contributed by atoms with Gasteiger partial charge in [-0.1, -0.05) is 38.1 Å². The Morgan fingerprint density at radius 1 is 1.08 bits per heavy atom. The molecule has 4 nitrogen and oxygen atoms in total. The second-order valence-electron chi connectivity index (χ2n) is 6.51. The van der Waals surface area contributed by atoms with Crippen LogP contribution in [0.4, 0.5) is 5.69 Å². The summed E-state index contributed by atoms with van der Waals surface area (Å²) in [7, 11) is 3.29. The van der Waals surface area contributed by atoms with Gasteiger partial charge in [0.2, 0.25) is 0 Å². The molecule has 0 unspecified atom stereocenters. The first-order chi connectivity index (χ1) is 12.5. The van der Waals surface area contributed by atoms with Crippen molar-refractivity contribution in [2.75, 3.05) is 26.1 Å². The molecule has 140 valence electrons. The Morgan fingerprint density at radius 2 is 1.81 bits per heavy atom. The second kappa shape index (κ2) is 9.43. The number of hydrogen-bond acceptors (Lipinski definition) is 3. The third-order valence-corrected chi connectivity index (χ3v) is 4.56. The molecule has 0 saturated carbocycles. The van der Waals surface area contributed by atoms with Gasteiger partial charge in [0.05, 0.1) is 14.2 Å². The molecule has 0 bridgehead atoms. The summed E-state index contributed by atoms with van der Waals surface area (Å²) in [6, 6.07) is 12.3. The number of rotatable bonds is 7. The number of nitrogens with one attached hydrogen (secondary N) is 2. The quantitative estimate of drug-likeness (QED) is 0.692. The molecule has 5 heteroatoms. The molecule has 0 aliphatic heterocycles. The van der Waals surface area contributed by atoms with Crippen molar-refractivity contribution < 1.29 is 9.47 Å². The zero-order valence-corrected chi connectivity index (χ0v) is 17.0. The van der Waals surface area contributed by atoms with Gasteiger partial charge >= 0.3 is 0 Å². The highest BCUT2D eigenvalue weighted by atomic mass is 32.1. The fraction of sp³-hybridized carbons (Fsp3) is 0.381. The average molecular weight is 373 g/mol. The highest BCUT2D eigenvalue weighted by molar-refractivity contribution is 7.80. The molecular weight excluding hydrogens is 344 g/mol. The number of hydrogen-bond donors (Lipinski definition) is 2. The number of aryl methyl sites for hydroxylation is 1. The molecule has 0 atom stereocenters. The summed E-state index contributed by atoms with van der Waals surface area (Å²) in [5.41, 5.74) is 4.73. The lowest BCUT2D eigenvalue weighted by Crippen LogP contribution is -2.30. The van der Waals surface area contributed by atoms with Crippen LogP contribution in [0.25, 0.3) is 0 Å². The van der Waals surface area contributed by atoms with Gasteiger partial charge in [-0.15, -0.1) is 0 Å². The fourth-order valence-electron chi connectivity index (χ4n) is 2.86. The Balaban J connectivity index is 1.94. The topological polar surface area (TPSA) is 42.5 Å². The minimum absolute atomic E-state index is 0.437. The van der Waals surface area contributed by atoms with E-state index in [-0.39, 0.29) is 0 Å². The molecule has 0 amide bonds. The number of anilines is 1. The summed E-state index contributed by atoms with van der Waals surface area (Å²) in [5.74, 6) is 1.92. The van der Waals surface area contributed by atoms with Crippen LogP contribution in [0, 0.1) is 6.92 Å². The summed E-state index contributed by atoms with van der Waals surface area (Å²) in [6.07, 6.45) is 0.840. The number of thiocarbonyl (C=S) groups is 1. The van der Waals surface area contributed by atoms with Crippen LogP contribution in [0.1, 0.15) is 36.5 Å². The van der Waals surface area contributed by atoms with E-state index in [9.17, 15) is 0 Å². The maximum atomic E-state index is 5.48. The fourth-order valence-corrected chi connectivity index (χ4v) is 3.06. The molecular formula is C21H28N2O2S. The van der Waals surface area contributed by atoms with E-state index in [1.165, 1.54) is 11.1 Å². The highest BCUT2D eigenvalue weighted by Gasteiger charge is 2.10. The third-order valence-electron chi connectivity index (χ3n) is 4.31. The largest absolute Gasteiger partial charge is 0.493 e. The molecule has 0 aliphatic rings. The molecule has 2 aromatic rings. The Bertz CT molecular complexity index is 760. The van der Waals surface area contributed by atoms with E-state index in [0.29, 0.717) is 11.0 Å². The van der Waals surface area contributed by atoms with Crippen LogP contribution in [0.3, 0.4) is 0 Å². The lowest BCUT2D eigenvalue weighted by Gasteiger charge is -2.18. The van der Waals surface area contributed by atoms with Gasteiger partial charge in [0.15, 0.2) is 16.6 Å². The number of benzene rings is 2. The van der Waals surface area contributed by atoms with Crippen molar-refractivity contribution in [3.8, 4) is 11.5 Å². The minimum Gasteiger partial charge on any atom is -0.493 e. The maximum absolute atomic E-state index is 5.48. The van der Waals surface area contributed by atoms with Crippen molar-refractivity contribution in [3.63, 3.8) is 0 Å². The normalized spacial score (nSPS) is 10.5. The number of ether oxygens (including phenoxy) is 2. The van der Waals surface area contributed by atoms with Crippen molar-refractivity contribution in [2.24, 2.45) is 0 Å². The van der Waals surface area contributed by atoms with E-state index >= 15 is 0 Å². The van der Waals surface area contributed by atoms with Gasteiger partial charge in [0.1, 0.15) is 0 Å². The first-order valence-corrected chi connectivity index (χ1v) is 9.22. The van der Waals surface area contributed by atoms with E-state index in [1.807, 2.05) is 18.2 Å². The Morgan fingerprint density at radius 3 is 2.46 bits per heavy atom. The molecule has 0 aliphatic carbocycles. The Kier molecular flexibility index (Phi) is 7.27. The Hall–Kier alpha value is -2.27. The first kappa shape index (κ1) is 20.0. The summed E-state index contributed by atoms with van der Waals surface area (Å²) >= 11 is 5.48. The summed E-state index contributed by atoms with van der Waals surface area (Å²) in [4.78, 5) is 0. The number of para-hydroxylation sites is 1. The van der Waals surface area contributed by atoms with E-state index in [0.717, 1.165) is 35.7 Å². The third kappa shape index (κ3) is 5.11. The SMILES string of the molecule is COc1ccc(CCNC(=S)Nc2c(C)cccc2C(C)C)cc1OC. The van der Waals surface area contributed by atoms with Gasteiger partial charge in [0.25, 0.3) is 0 Å². The van der Waals surface area contributed by atoms with Crippen LogP contribution in [0.5, 0.6) is 11.5 Å². The second-order valence-corrected chi connectivity index (χ2v) is 6.92. The zero-order chi connectivity index (χ0) is 19.1. The van der Waals surface area contributed by atoms with Crippen molar-refractivity contribution >= 4 is 23.0 Å². The van der Waals surface area contributed by atoms with Crippen LogP contribution in [-0.2, 0) is 6.42 Å². The van der Waals surface area contributed by atoms with Crippen LogP contribution < -0.4 is 20.1 Å². The van der Waals surface area contributed by atoms with E-state index in [1.54, 1.807) is 14.2 Å². The highest BCUT2D eigenvalue weighted by Crippen LogP contribution is 2.28. The van der Waals surface area contributed by atoms with E-state index in [2.05, 4.69) is 49.6 Å². The summed E-state index contributed by atoms with van der Waals surface area (Å²) < 4.78 is 10.6. The molecule has 0 saturated heterocycles. The first-order valence-electron chi connectivity index (χ1n) is 8.81. The van der Waals surface area contributed by atoms with Crippen molar-refractivity contribution in [1.29, 1.82) is 0 Å². The molecule has 0 fully saturated rings. The lowest BCUT2D eigenvalue weighted by atomic mass is 9.98. The van der Waals surface area contributed by atoms with Crippen molar-refractivity contribution in [2.45, 2.75) is 33.1 Å². The van der Waals surface area contributed by atoms with Gasteiger partial charge in [-0.3, -0.25) is 0 Å². The molecule has 26 heavy (non-hydrogen) atoms. The van der Waals surface area contributed by atoms with Gasteiger partial charge < -0.3 is 20.1 Å². The van der Waals surface area contributed by atoms with Crippen molar-refractivity contribution in [3.05, 3.63) is 53.1 Å². The summed E-state index contributed by atoms with van der Waals surface area (Å²) in [6.45, 7) is 7.21. The van der Waals surface area contributed by atoms with Gasteiger partial charge in [0, 0.05) is 12.2 Å². The van der Waals surface area contributed by atoms with Crippen LogP contribution in [-0.4, -0.2) is 25.9 Å². The zero-order valence-electron chi connectivity index (χ0n) is 16.2. The Labute approximate surface area is 161 Å². The molecule has 0 radical (unpaired) electrons. The van der Waals surface area contributed by atoms with Gasteiger partial charge in [-0.2, -0.15) is 0 Å². The standard InChI is InChI=1S/C21H28N2O2S/c1-14(2)17-8-6-7-15(3)20(17)23-21(26)22-12-11-16-9-10-18(24-4)19(13-16)25-5/h6-10,13-14H,11-12H2,1-5H3,(H2,22,23,26). The summed E-state index contributed by atoms with van der Waals surface area (Å²) in [5, 5.41) is 7.29. The maximum Gasteiger partial charge on any atom is 0.170 e. The van der Waals surface area contributed by atoms with Gasteiger partial charge in [-0.05, 0) is 60.3 Å². The smallest absolute Gasteiger partial charge is 0.170 e. The molecule has 2 rings (SSSR count). The molecule has 0 heterocycles. The minimum atomic E-state index is 0.437. The van der Waals surface area contributed by atoms with E-state index < -0.39 is 0 Å². The molecule has 2 N–H and O–H groups in total. The molecule has 0 spiro atoms. The van der Waals surface area contributed by atoms with Crippen LogP contribution >= 0.6 is 12.2 Å². The molecule has 0 aromatic heterocycles. The van der Waals surface area contributed by atoms with Crippen molar-refractivity contribution in [1.82, 2.24) is 5.32 Å². The van der Waals surface area contributed by atoms with Crippen LogP contribution in [0.2, 0.25) is 0 Å².